The fraction of sp³-hybridized carbons (Fsp3) is 1.00. The number of nitrogens with two attached hydrogens (primary N) is 1. The summed E-state index contributed by atoms with van der Waals surface area (Å²) in [5, 5.41) is 9.39. The highest BCUT2D eigenvalue weighted by atomic mass is 31.2. The molecule has 0 aliphatic heterocycles. The molecule has 0 aromatic heterocycles. The molecular weight excluding hydrogens is 257 g/mol. The van der Waals surface area contributed by atoms with Crippen molar-refractivity contribution in [2.24, 2.45) is 5.73 Å². The van der Waals surface area contributed by atoms with Crippen LogP contribution in [0.15, 0.2) is 0 Å². The van der Waals surface area contributed by atoms with Crippen LogP contribution in [0.2, 0.25) is 0 Å². The molecule has 0 fully saturated rings. The lowest BCUT2D eigenvalue weighted by atomic mass is 10.4. The quantitative estimate of drug-likeness (QED) is 0.465. The highest BCUT2D eigenvalue weighted by Crippen LogP contribution is 2.59. The van der Waals surface area contributed by atoms with Crippen LogP contribution in [0, 0.1) is 0 Å². The second-order valence-corrected chi connectivity index (χ2v) is 6.99. The van der Waals surface area contributed by atoms with Gasteiger partial charge in [0.25, 0.3) is 7.37 Å². The van der Waals surface area contributed by atoms with Gasteiger partial charge in [0.05, 0.1) is 12.7 Å². The van der Waals surface area contributed by atoms with E-state index in [0.29, 0.717) is 13.2 Å². The summed E-state index contributed by atoms with van der Waals surface area (Å²) in [4.78, 5) is 0. The Morgan fingerprint density at radius 1 is 1.28 bits per heavy atom. The number of ether oxygens (including phenoxy) is 2. The lowest BCUT2D eigenvalue weighted by molar-refractivity contribution is -0.168. The second kappa shape index (κ2) is 8.25. The maximum atomic E-state index is 12.8. The predicted octanol–water partition coefficient (Wildman–Crippen LogP) is 1.37. The molecule has 18 heavy (non-hydrogen) atoms. The lowest BCUT2D eigenvalue weighted by Crippen LogP contribution is -2.36. The van der Waals surface area contributed by atoms with Gasteiger partial charge < -0.3 is 24.8 Å². The number of aliphatic hydroxyl groups excluding tert-OH is 1. The van der Waals surface area contributed by atoms with Gasteiger partial charge in [-0.25, -0.2) is 0 Å². The van der Waals surface area contributed by atoms with E-state index in [1.807, 2.05) is 0 Å². The third kappa shape index (κ3) is 4.61. The Labute approximate surface area is 109 Å². The zero-order chi connectivity index (χ0) is 14.2. The SMILES string of the molecule is CCOC(C)(OCC)P(=O)(CC)OC[C@H](O)CN. The number of hydrogen-bond donors (Lipinski definition) is 2. The van der Waals surface area contributed by atoms with Gasteiger partial charge in [0.1, 0.15) is 0 Å². The summed E-state index contributed by atoms with van der Waals surface area (Å²) in [6, 6.07) is 0. The first-order valence-corrected chi connectivity index (χ1v) is 8.09. The largest absolute Gasteiger partial charge is 0.389 e. The summed E-state index contributed by atoms with van der Waals surface area (Å²) in [5.41, 5.74) is 4.01. The lowest BCUT2D eigenvalue weighted by Gasteiger charge is -2.36. The van der Waals surface area contributed by atoms with Gasteiger partial charge in [-0.05, 0) is 20.8 Å². The monoisotopic (exact) mass is 283 g/mol. The Morgan fingerprint density at radius 3 is 2.11 bits per heavy atom. The molecule has 1 unspecified atom stereocenters. The van der Waals surface area contributed by atoms with Crippen LogP contribution in [0.5, 0.6) is 0 Å². The van der Waals surface area contributed by atoms with Gasteiger partial charge in [0.15, 0.2) is 0 Å². The number of aliphatic hydroxyl groups is 1. The van der Waals surface area contributed by atoms with E-state index in [2.05, 4.69) is 0 Å². The summed E-state index contributed by atoms with van der Waals surface area (Å²) in [6.07, 6.45) is -0.571. The molecule has 0 heterocycles. The summed E-state index contributed by atoms with van der Waals surface area (Å²) in [5.74, 6) is 0. The highest BCUT2D eigenvalue weighted by Gasteiger charge is 2.46. The Kier molecular flexibility index (Phi) is 8.26. The van der Waals surface area contributed by atoms with Crippen LogP contribution in [-0.4, -0.2) is 49.3 Å². The van der Waals surface area contributed by atoms with Gasteiger partial charge >= 0.3 is 0 Å². The number of rotatable bonds is 10. The topological polar surface area (TPSA) is 91.0 Å². The third-order valence-electron chi connectivity index (χ3n) is 2.61. The first-order valence-electron chi connectivity index (χ1n) is 6.28. The normalized spacial score (nSPS) is 17.4. The maximum Gasteiger partial charge on any atom is 0.260 e. The van der Waals surface area contributed by atoms with Gasteiger partial charge in [0.2, 0.25) is 5.53 Å². The molecule has 0 bridgehead atoms. The Hall–Kier alpha value is 0.0300. The van der Waals surface area contributed by atoms with Crippen molar-refractivity contribution in [3.63, 3.8) is 0 Å². The first kappa shape index (κ1) is 18.0. The molecule has 3 N–H and O–H groups in total. The van der Waals surface area contributed by atoms with Crippen molar-refractivity contribution in [2.45, 2.75) is 39.3 Å². The maximum absolute atomic E-state index is 12.8. The van der Waals surface area contributed by atoms with E-state index in [9.17, 15) is 9.67 Å². The van der Waals surface area contributed by atoms with Crippen LogP contribution in [0.1, 0.15) is 27.7 Å². The van der Waals surface area contributed by atoms with E-state index in [-0.39, 0.29) is 19.3 Å². The molecule has 2 atom stereocenters. The molecule has 6 nitrogen and oxygen atoms in total. The molecule has 0 aliphatic carbocycles. The highest BCUT2D eigenvalue weighted by molar-refractivity contribution is 7.60. The van der Waals surface area contributed by atoms with Crippen molar-refractivity contribution in [3.8, 4) is 0 Å². The molecule has 0 saturated carbocycles. The van der Waals surface area contributed by atoms with Crippen LogP contribution in [-0.2, 0) is 18.6 Å². The molecule has 110 valence electrons. The van der Waals surface area contributed by atoms with Crippen molar-refractivity contribution < 1.29 is 23.7 Å². The van der Waals surface area contributed by atoms with Crippen LogP contribution < -0.4 is 5.73 Å². The van der Waals surface area contributed by atoms with Crippen molar-refractivity contribution >= 4 is 7.37 Å². The van der Waals surface area contributed by atoms with E-state index in [1.54, 1.807) is 27.7 Å². The molecular formula is C11H26NO5P. The van der Waals surface area contributed by atoms with Crippen LogP contribution in [0.4, 0.5) is 0 Å². The summed E-state index contributed by atoms with van der Waals surface area (Å²) in [7, 11) is -3.18. The predicted molar refractivity (Wildman–Crippen MR) is 70.8 cm³/mol. The summed E-state index contributed by atoms with van der Waals surface area (Å²) < 4.78 is 29.1. The van der Waals surface area contributed by atoms with E-state index in [1.165, 1.54) is 0 Å². The van der Waals surface area contributed by atoms with Gasteiger partial charge in [-0.15, -0.1) is 0 Å². The van der Waals surface area contributed by atoms with E-state index >= 15 is 0 Å². The van der Waals surface area contributed by atoms with Gasteiger partial charge in [-0.2, -0.15) is 0 Å². The van der Waals surface area contributed by atoms with Crippen molar-refractivity contribution in [1.82, 2.24) is 0 Å². The summed E-state index contributed by atoms with van der Waals surface area (Å²) >= 11 is 0. The third-order valence-corrected chi connectivity index (χ3v) is 5.50. The van der Waals surface area contributed by atoms with Crippen LogP contribution in [0.25, 0.3) is 0 Å². The van der Waals surface area contributed by atoms with Gasteiger partial charge in [0, 0.05) is 25.9 Å². The average Bonchev–Trinajstić information content (AvgIpc) is 2.35. The Bertz CT molecular complexity index is 268. The molecule has 0 aromatic rings. The molecule has 0 radical (unpaired) electrons. The molecule has 7 heteroatoms. The van der Waals surface area contributed by atoms with Gasteiger partial charge in [-0.3, -0.25) is 4.57 Å². The summed E-state index contributed by atoms with van der Waals surface area (Å²) in [6.45, 7) is 7.65. The average molecular weight is 283 g/mol. The van der Waals surface area contributed by atoms with Gasteiger partial charge in [-0.1, -0.05) is 6.92 Å². The molecule has 0 amide bonds. The Morgan fingerprint density at radius 2 is 1.78 bits per heavy atom. The minimum Gasteiger partial charge on any atom is -0.389 e. The van der Waals surface area contributed by atoms with E-state index in [4.69, 9.17) is 19.7 Å². The molecule has 0 rings (SSSR count). The molecule has 0 spiro atoms. The fourth-order valence-corrected chi connectivity index (χ4v) is 3.60. The standard InChI is InChI=1S/C11H26NO5P/c1-5-15-11(4,16-6-2)18(14,7-3)17-9-10(13)8-12/h10,13H,5-9,12H2,1-4H3/t10-,18?/m1/s1. The fourth-order valence-electron chi connectivity index (χ4n) is 1.54. The second-order valence-electron chi connectivity index (χ2n) is 3.94. The first-order chi connectivity index (χ1) is 8.39. The number of hydrogen-bond acceptors (Lipinski definition) is 6. The Balaban J connectivity index is 4.89. The van der Waals surface area contributed by atoms with Crippen molar-refractivity contribution in [1.29, 1.82) is 0 Å². The zero-order valence-corrected chi connectivity index (χ0v) is 12.6. The van der Waals surface area contributed by atoms with E-state index < -0.39 is 19.0 Å². The van der Waals surface area contributed by atoms with Crippen molar-refractivity contribution in [3.05, 3.63) is 0 Å². The molecule has 0 saturated heterocycles. The van der Waals surface area contributed by atoms with E-state index in [0.717, 1.165) is 0 Å². The smallest absolute Gasteiger partial charge is 0.260 e. The molecule has 0 aromatic carbocycles. The zero-order valence-electron chi connectivity index (χ0n) is 11.7. The minimum absolute atomic E-state index is 0.0592. The van der Waals surface area contributed by atoms with Crippen molar-refractivity contribution in [2.75, 3.05) is 32.5 Å². The van der Waals surface area contributed by atoms with Crippen LogP contribution in [0.3, 0.4) is 0 Å². The van der Waals surface area contributed by atoms with Crippen LogP contribution >= 0.6 is 7.37 Å². The molecule has 0 aliphatic rings. The minimum atomic E-state index is -3.18.